The van der Waals surface area contributed by atoms with Gasteiger partial charge >= 0.3 is 5.97 Å². The van der Waals surface area contributed by atoms with Crippen LogP contribution in [0.2, 0.25) is 5.02 Å². The number of carbonyl (C=O) groups excluding carboxylic acids is 1. The van der Waals surface area contributed by atoms with Crippen LogP contribution >= 0.6 is 34.3 Å². The van der Waals surface area contributed by atoms with Crippen LogP contribution in [0.3, 0.4) is 0 Å². The van der Waals surface area contributed by atoms with Crippen molar-refractivity contribution >= 4 is 52.0 Å². The summed E-state index contributed by atoms with van der Waals surface area (Å²) in [6.45, 7) is 3.66. The Labute approximate surface area is 222 Å². The fourth-order valence-corrected chi connectivity index (χ4v) is 6.06. The van der Waals surface area contributed by atoms with E-state index in [9.17, 15) is 19.7 Å². The Hall–Kier alpha value is -3.80. The van der Waals surface area contributed by atoms with Crippen molar-refractivity contribution in [2.45, 2.75) is 19.9 Å². The summed E-state index contributed by atoms with van der Waals surface area (Å²) >= 11 is 8.53. The Morgan fingerprint density at radius 1 is 1.32 bits per heavy atom. The van der Waals surface area contributed by atoms with Crippen LogP contribution in [-0.4, -0.2) is 22.1 Å². The van der Waals surface area contributed by atoms with Gasteiger partial charge in [-0.1, -0.05) is 29.0 Å². The number of esters is 1. The van der Waals surface area contributed by atoms with Gasteiger partial charge < -0.3 is 9.15 Å². The van der Waals surface area contributed by atoms with Crippen LogP contribution in [0.5, 0.6) is 0 Å². The highest BCUT2D eigenvalue weighted by Gasteiger charge is 2.33. The molecule has 188 valence electrons. The molecule has 3 aromatic heterocycles. The van der Waals surface area contributed by atoms with Crippen LogP contribution in [0.1, 0.15) is 30.5 Å². The molecule has 0 aliphatic carbocycles. The van der Waals surface area contributed by atoms with Crippen molar-refractivity contribution in [1.82, 2.24) is 4.57 Å². The van der Waals surface area contributed by atoms with E-state index in [1.807, 2.05) is 17.5 Å². The van der Waals surface area contributed by atoms with Gasteiger partial charge in [-0.3, -0.25) is 19.5 Å². The number of carbonyl (C=O) groups is 1. The number of furan rings is 1. The fraction of sp³-hybridized carbons (Fsp3) is 0.160. The molecular weight excluding hydrogens is 538 g/mol. The van der Waals surface area contributed by atoms with E-state index in [-0.39, 0.29) is 22.9 Å². The van der Waals surface area contributed by atoms with Crippen LogP contribution in [0, 0.1) is 10.1 Å². The number of hydrogen-bond donors (Lipinski definition) is 0. The lowest BCUT2D eigenvalue weighted by Gasteiger charge is -2.23. The van der Waals surface area contributed by atoms with Crippen molar-refractivity contribution in [3.63, 3.8) is 0 Å². The number of benzene rings is 1. The number of nitrogens with zero attached hydrogens (tertiary/aromatic N) is 3. The van der Waals surface area contributed by atoms with Gasteiger partial charge in [-0.2, -0.15) is 0 Å². The van der Waals surface area contributed by atoms with E-state index in [4.69, 9.17) is 20.8 Å². The quantitative estimate of drug-likeness (QED) is 0.194. The van der Waals surface area contributed by atoms with E-state index in [0.29, 0.717) is 37.7 Å². The van der Waals surface area contributed by atoms with Gasteiger partial charge in [-0.05, 0) is 49.6 Å². The van der Waals surface area contributed by atoms with Gasteiger partial charge in [0.2, 0.25) is 0 Å². The number of thiazole rings is 1. The van der Waals surface area contributed by atoms with Gasteiger partial charge in [0.1, 0.15) is 22.6 Å². The van der Waals surface area contributed by atoms with Crippen LogP contribution in [0.25, 0.3) is 17.4 Å². The van der Waals surface area contributed by atoms with E-state index in [2.05, 4.69) is 4.99 Å². The number of nitro groups is 1. The summed E-state index contributed by atoms with van der Waals surface area (Å²) in [7, 11) is 0. The normalized spacial score (nSPS) is 15.4. The number of ether oxygens (including phenoxy) is 1. The molecular formula is C25H18ClN3O6S2. The maximum Gasteiger partial charge on any atom is 0.338 e. The minimum absolute atomic E-state index is 0.0272. The predicted molar refractivity (Wildman–Crippen MR) is 141 cm³/mol. The first kappa shape index (κ1) is 24.9. The monoisotopic (exact) mass is 555 g/mol. The Balaban J connectivity index is 1.59. The van der Waals surface area contributed by atoms with Crippen molar-refractivity contribution in [3.05, 3.63) is 105 Å². The van der Waals surface area contributed by atoms with Crippen molar-refractivity contribution in [2.24, 2.45) is 4.99 Å². The molecule has 0 N–H and O–H groups in total. The molecule has 9 nitrogen and oxygen atoms in total. The van der Waals surface area contributed by atoms with Crippen molar-refractivity contribution in [2.75, 3.05) is 6.61 Å². The lowest BCUT2D eigenvalue weighted by molar-refractivity contribution is -0.384. The van der Waals surface area contributed by atoms with E-state index in [1.54, 1.807) is 38.1 Å². The number of allylic oxidation sites excluding steroid dienone is 1. The van der Waals surface area contributed by atoms with E-state index >= 15 is 0 Å². The molecule has 0 fully saturated rings. The molecule has 1 atom stereocenters. The third kappa shape index (κ3) is 4.57. The summed E-state index contributed by atoms with van der Waals surface area (Å²) in [4.78, 5) is 42.9. The lowest BCUT2D eigenvalue weighted by Crippen LogP contribution is -2.39. The molecule has 0 bridgehead atoms. The van der Waals surface area contributed by atoms with Gasteiger partial charge in [0.25, 0.3) is 11.2 Å². The first-order valence-electron chi connectivity index (χ1n) is 11.1. The van der Waals surface area contributed by atoms with E-state index in [0.717, 1.165) is 4.88 Å². The summed E-state index contributed by atoms with van der Waals surface area (Å²) in [5.41, 5.74) is 0.745. The highest BCUT2D eigenvalue weighted by molar-refractivity contribution is 7.10. The maximum atomic E-state index is 13.6. The average Bonchev–Trinajstić information content (AvgIpc) is 3.61. The number of aromatic nitrogens is 1. The van der Waals surface area contributed by atoms with Gasteiger partial charge in [0.05, 0.1) is 27.3 Å². The molecule has 12 heteroatoms. The summed E-state index contributed by atoms with van der Waals surface area (Å²) in [6, 6.07) is 10.8. The molecule has 37 heavy (non-hydrogen) atoms. The zero-order valence-corrected chi connectivity index (χ0v) is 21.9. The Kier molecular flexibility index (Phi) is 6.67. The van der Waals surface area contributed by atoms with Crippen LogP contribution < -0.4 is 14.9 Å². The molecule has 4 heterocycles. The largest absolute Gasteiger partial charge is 0.463 e. The summed E-state index contributed by atoms with van der Waals surface area (Å²) in [6.07, 6.45) is 1.59. The second-order valence-corrected chi connectivity index (χ2v) is 10.3. The first-order chi connectivity index (χ1) is 17.8. The first-order valence-corrected chi connectivity index (χ1v) is 13.1. The molecule has 0 saturated carbocycles. The van der Waals surface area contributed by atoms with Gasteiger partial charge in [0, 0.05) is 22.6 Å². The summed E-state index contributed by atoms with van der Waals surface area (Å²) in [5.74, 6) is 0.256. The standard InChI is InChI=1S/C25H18ClN3O6S2/c1-3-34-24(31)21-13(2)27-25-28(22(21)19-5-4-10-36-19)23(30)20(37-25)12-15-7-9-18(35-15)14-6-8-16(26)17(11-14)29(32)33/h4-12,22H,3H2,1-2H3/b20-12+/t22-/m0/s1. The number of halogens is 1. The summed E-state index contributed by atoms with van der Waals surface area (Å²) < 4.78 is 13.0. The number of nitro benzene ring substituents is 1. The van der Waals surface area contributed by atoms with Gasteiger partial charge in [-0.25, -0.2) is 9.79 Å². The van der Waals surface area contributed by atoms with E-state index in [1.165, 1.54) is 39.4 Å². The van der Waals surface area contributed by atoms with Crippen molar-refractivity contribution in [1.29, 1.82) is 0 Å². The Morgan fingerprint density at radius 2 is 2.14 bits per heavy atom. The average molecular weight is 556 g/mol. The third-order valence-electron chi connectivity index (χ3n) is 5.66. The smallest absolute Gasteiger partial charge is 0.338 e. The van der Waals surface area contributed by atoms with Crippen LogP contribution in [0.4, 0.5) is 5.69 Å². The van der Waals surface area contributed by atoms with Gasteiger partial charge in [0.15, 0.2) is 4.80 Å². The molecule has 0 amide bonds. The third-order valence-corrected chi connectivity index (χ3v) is 7.88. The number of fused-ring (bicyclic) bond motifs is 1. The molecule has 1 aromatic carbocycles. The minimum atomic E-state index is -0.653. The molecule has 5 rings (SSSR count). The molecule has 4 aromatic rings. The summed E-state index contributed by atoms with van der Waals surface area (Å²) in [5, 5.41) is 13.1. The van der Waals surface area contributed by atoms with Gasteiger partial charge in [-0.15, -0.1) is 11.3 Å². The second-order valence-electron chi connectivity index (χ2n) is 7.94. The SMILES string of the molecule is CCOC(=O)C1=C(C)N=c2s/c(=C/c3ccc(-c4ccc(Cl)c([N+](=O)[O-])c4)o3)c(=O)n2[C@H]1c1cccs1. The van der Waals surface area contributed by atoms with E-state index < -0.39 is 16.9 Å². The molecule has 0 radical (unpaired) electrons. The highest BCUT2D eigenvalue weighted by Crippen LogP contribution is 2.33. The molecule has 1 aliphatic heterocycles. The van der Waals surface area contributed by atoms with Crippen LogP contribution in [0.15, 0.2) is 73.3 Å². The Morgan fingerprint density at radius 3 is 2.84 bits per heavy atom. The molecule has 1 aliphatic rings. The maximum absolute atomic E-state index is 13.6. The lowest BCUT2D eigenvalue weighted by atomic mass is 10.0. The zero-order valence-electron chi connectivity index (χ0n) is 19.5. The Bertz CT molecular complexity index is 1750. The predicted octanol–water partition coefficient (Wildman–Crippen LogP) is 4.68. The topological polar surface area (TPSA) is 117 Å². The molecule has 0 saturated heterocycles. The number of rotatable bonds is 6. The number of hydrogen-bond acceptors (Lipinski definition) is 9. The van der Waals surface area contributed by atoms with Crippen molar-refractivity contribution in [3.8, 4) is 11.3 Å². The fourth-order valence-electron chi connectivity index (χ4n) is 4.03. The minimum Gasteiger partial charge on any atom is -0.463 e. The van der Waals surface area contributed by atoms with Crippen molar-refractivity contribution < 1.29 is 18.9 Å². The second kappa shape index (κ2) is 9.92. The molecule has 0 unspecified atom stereocenters. The molecule has 0 spiro atoms. The highest BCUT2D eigenvalue weighted by atomic mass is 35.5. The van der Waals surface area contributed by atoms with Crippen LogP contribution in [-0.2, 0) is 9.53 Å². The zero-order chi connectivity index (χ0) is 26.3. The number of thiophene rings is 1.